The minimum atomic E-state index is -3.44. The third kappa shape index (κ3) is 4.16. The Balaban J connectivity index is 0.000000878. The SMILES string of the molecule is Cc1cc(C)c(C(=O)P(=O)(c2ccccc2)c2ccccc2)c(C)c1.[3H]P=O. The van der Waals surface area contributed by atoms with Crippen LogP contribution in [0.3, 0.4) is 0 Å². The molecule has 3 nitrogen and oxygen atoms in total. The second kappa shape index (κ2) is 9.04. The number of aryl methyl sites for hydroxylation is 3. The molecule has 5 heteroatoms. The van der Waals surface area contributed by atoms with Crippen molar-refractivity contribution in [1.29, 1.82) is 1.28 Å². The highest BCUT2D eigenvalue weighted by Gasteiger charge is 2.37. The van der Waals surface area contributed by atoms with E-state index < -0.39 is 16.2 Å². The Morgan fingerprint density at radius 1 is 0.852 bits per heavy atom. The monoisotopic (exact) mass is 398 g/mol. The second-order valence-electron chi connectivity index (χ2n) is 6.36. The molecule has 0 spiro atoms. The number of hydrogen-bond acceptors (Lipinski definition) is 3. The van der Waals surface area contributed by atoms with Gasteiger partial charge in [0.25, 0.3) is 0 Å². The summed E-state index contributed by atoms with van der Waals surface area (Å²) in [6, 6.07) is 22.1. The van der Waals surface area contributed by atoms with Crippen molar-refractivity contribution in [3.05, 3.63) is 95.1 Å². The summed E-state index contributed by atoms with van der Waals surface area (Å²) in [4.78, 5) is 13.6. The van der Waals surface area contributed by atoms with Crippen LogP contribution >= 0.6 is 16.2 Å². The Bertz CT molecular complexity index is 952. The zero-order valence-electron chi connectivity index (χ0n) is 16.5. The molecule has 0 unspecified atom stereocenters. The molecule has 0 fully saturated rings. The summed E-state index contributed by atoms with van der Waals surface area (Å²) in [5.41, 5.74) is 3.12. The average Bonchev–Trinajstić information content (AvgIpc) is 2.68. The van der Waals surface area contributed by atoms with Gasteiger partial charge in [-0.05, 0) is 31.9 Å². The molecular weight excluding hydrogens is 374 g/mol. The van der Waals surface area contributed by atoms with Gasteiger partial charge >= 0.3 is 0 Å². The maximum atomic E-state index is 14.2. The normalized spacial score (nSPS) is 11.3. The highest BCUT2D eigenvalue weighted by molar-refractivity contribution is 7.93. The molecule has 3 aromatic carbocycles. The topological polar surface area (TPSA) is 51.2 Å². The van der Waals surface area contributed by atoms with Gasteiger partial charge in [-0.3, -0.25) is 9.36 Å². The van der Waals surface area contributed by atoms with Crippen LogP contribution in [0.2, 0.25) is 0 Å². The third-order valence-electron chi connectivity index (χ3n) is 4.42. The molecule has 0 aliphatic rings. The van der Waals surface area contributed by atoms with Crippen molar-refractivity contribution in [3.8, 4) is 0 Å². The minimum Gasteiger partial charge on any atom is -0.305 e. The molecule has 27 heavy (non-hydrogen) atoms. The Morgan fingerprint density at radius 2 is 1.22 bits per heavy atom. The van der Waals surface area contributed by atoms with Gasteiger partial charge in [0.1, 0.15) is 10.3 Å². The van der Waals surface area contributed by atoms with Crippen LogP contribution in [-0.2, 0) is 9.13 Å². The first-order valence-corrected chi connectivity index (χ1v) is 10.5. The molecule has 0 N–H and O–H groups in total. The lowest BCUT2D eigenvalue weighted by molar-refractivity contribution is 0.107. The van der Waals surface area contributed by atoms with E-state index in [1.54, 1.807) is 24.3 Å². The zero-order valence-corrected chi connectivity index (χ0v) is 17.3. The maximum Gasteiger partial charge on any atom is 0.230 e. The van der Waals surface area contributed by atoms with E-state index in [2.05, 4.69) is 0 Å². The van der Waals surface area contributed by atoms with E-state index in [0.717, 1.165) is 16.7 Å². The molecule has 0 aliphatic carbocycles. The van der Waals surface area contributed by atoms with Crippen LogP contribution < -0.4 is 10.6 Å². The molecule has 0 saturated carbocycles. The van der Waals surface area contributed by atoms with E-state index in [-0.39, 0.29) is 5.52 Å². The molecule has 3 aromatic rings. The van der Waals surface area contributed by atoms with Crippen molar-refractivity contribution >= 4 is 32.3 Å². The summed E-state index contributed by atoms with van der Waals surface area (Å²) >= 11 is 0. The first-order valence-electron chi connectivity index (χ1n) is 8.91. The lowest BCUT2D eigenvalue weighted by Crippen LogP contribution is -2.23. The lowest BCUT2D eigenvalue weighted by Gasteiger charge is -2.20. The number of carbonyl (C=O) groups is 1. The molecule has 138 valence electrons. The number of hydrogen-bond donors (Lipinski definition) is 0. The summed E-state index contributed by atoms with van der Waals surface area (Å²) in [7, 11) is -4.03. The zero-order chi connectivity index (χ0) is 20.7. The van der Waals surface area contributed by atoms with Crippen molar-refractivity contribution < 1.29 is 13.9 Å². The van der Waals surface area contributed by atoms with Crippen LogP contribution in [0.5, 0.6) is 0 Å². The molecule has 3 rings (SSSR count). The molecule has 0 bridgehead atoms. The van der Waals surface area contributed by atoms with Gasteiger partial charge in [-0.25, -0.2) is 0 Å². The van der Waals surface area contributed by atoms with Crippen molar-refractivity contribution in [2.45, 2.75) is 20.8 Å². The number of carbonyl (C=O) groups excluding carboxylic acids is 1. The molecule has 0 heterocycles. The van der Waals surface area contributed by atoms with E-state index in [0.29, 0.717) is 16.2 Å². The highest BCUT2D eigenvalue weighted by atomic mass is 31.2. The van der Waals surface area contributed by atoms with Gasteiger partial charge in [-0.1, -0.05) is 78.4 Å². The quantitative estimate of drug-likeness (QED) is 0.565. The van der Waals surface area contributed by atoms with Gasteiger partial charge in [-0.2, -0.15) is 0 Å². The third-order valence-corrected chi connectivity index (χ3v) is 7.26. The smallest absolute Gasteiger partial charge is 0.230 e. The van der Waals surface area contributed by atoms with E-state index in [9.17, 15) is 9.36 Å². The fraction of sp³-hybridized carbons (Fsp3) is 0.136. The summed E-state index contributed by atoms with van der Waals surface area (Å²) in [5, 5.41) is 1.15. The fourth-order valence-electron chi connectivity index (χ4n) is 3.33. The molecular formula is C22H22O3P2. The van der Waals surface area contributed by atoms with Gasteiger partial charge in [0.2, 0.25) is 12.7 Å². The van der Waals surface area contributed by atoms with Crippen molar-refractivity contribution in [1.82, 2.24) is 0 Å². The lowest BCUT2D eigenvalue weighted by atomic mass is 10.0. The maximum absolute atomic E-state index is 14.2. The van der Waals surface area contributed by atoms with Gasteiger partial charge in [0, 0.05) is 16.2 Å². The van der Waals surface area contributed by atoms with E-state index in [4.69, 9.17) is 5.84 Å². The molecule has 0 aliphatic heterocycles. The van der Waals surface area contributed by atoms with Crippen LogP contribution in [0.25, 0.3) is 0 Å². The van der Waals surface area contributed by atoms with Crippen molar-refractivity contribution in [3.63, 3.8) is 0 Å². The van der Waals surface area contributed by atoms with Crippen LogP contribution in [0.15, 0.2) is 72.8 Å². The Morgan fingerprint density at radius 3 is 1.59 bits per heavy atom. The highest BCUT2D eigenvalue weighted by Crippen LogP contribution is 2.47. The van der Waals surface area contributed by atoms with E-state index in [1.807, 2.05) is 69.3 Å². The summed E-state index contributed by atoms with van der Waals surface area (Å²) < 4.78 is 28.4. The van der Waals surface area contributed by atoms with Gasteiger partial charge in [0.05, 0.1) is 0 Å². The van der Waals surface area contributed by atoms with E-state index >= 15 is 0 Å². The predicted molar refractivity (Wildman–Crippen MR) is 114 cm³/mol. The second-order valence-corrected chi connectivity index (χ2v) is 9.02. The van der Waals surface area contributed by atoms with Crippen LogP contribution in [-0.4, -0.2) is 6.80 Å². The number of benzene rings is 3. The Hall–Kier alpha value is -2.34. The van der Waals surface area contributed by atoms with Crippen molar-refractivity contribution in [2.24, 2.45) is 0 Å². The van der Waals surface area contributed by atoms with Crippen LogP contribution in [0.1, 0.15) is 27.0 Å². The number of rotatable bonds is 4. The summed E-state index contributed by atoms with van der Waals surface area (Å²) in [6.45, 7) is 5.82. The molecule has 0 atom stereocenters. The average molecular weight is 398 g/mol. The minimum absolute atomic E-state index is 0.292. The van der Waals surface area contributed by atoms with Crippen LogP contribution in [0.4, 0.5) is 0 Å². The summed E-state index contributed by atoms with van der Waals surface area (Å²) in [5.74, 6) is 0. The molecule has 0 saturated heterocycles. The first-order chi connectivity index (χ1) is 13.4. The largest absolute Gasteiger partial charge is 0.305 e. The molecule has 0 radical (unpaired) electrons. The standard InChI is InChI=1S/C22H21O2P.HOP/c1-16-14-17(2)21(18(3)15-16)22(23)25(24,19-10-6-4-7-11-19)20-12-8-5-9-13-20;1-2/h4-15H,1-3H3;2H/i;2T. The molecule has 0 aromatic heterocycles. The van der Waals surface area contributed by atoms with Gasteiger partial charge in [0.15, 0.2) is 0 Å². The van der Waals surface area contributed by atoms with Crippen LogP contribution in [0, 0.1) is 20.8 Å². The van der Waals surface area contributed by atoms with Crippen molar-refractivity contribution in [2.75, 3.05) is 0 Å². The summed E-state index contributed by atoms with van der Waals surface area (Å²) in [6.07, 6.45) is 0. The molecule has 0 amide bonds. The first kappa shape index (κ1) is 19.4. The predicted octanol–water partition coefficient (Wildman–Crippen LogP) is 5.24. The van der Waals surface area contributed by atoms with Gasteiger partial charge < -0.3 is 4.57 Å². The Kier molecular flexibility index (Phi) is 6.50. The fourth-order valence-corrected chi connectivity index (χ4v) is 5.95. The van der Waals surface area contributed by atoms with E-state index in [1.165, 1.54) is 0 Å². The van der Waals surface area contributed by atoms with Gasteiger partial charge in [-0.15, -0.1) is 0 Å². The Labute approximate surface area is 163 Å².